The van der Waals surface area contributed by atoms with Crippen molar-refractivity contribution in [1.82, 2.24) is 29.5 Å². The van der Waals surface area contributed by atoms with Crippen LogP contribution >= 0.6 is 11.6 Å². The molecule has 0 spiro atoms. The van der Waals surface area contributed by atoms with E-state index in [1.807, 2.05) is 16.7 Å². The number of halogens is 1. The van der Waals surface area contributed by atoms with Crippen LogP contribution in [0, 0.1) is 20.2 Å². The number of fused-ring (bicyclic) bond motifs is 1. The summed E-state index contributed by atoms with van der Waals surface area (Å²) in [6.45, 7) is 8.44. The summed E-state index contributed by atoms with van der Waals surface area (Å²) in [5, 5.41) is 27.4. The third kappa shape index (κ3) is 11.7. The summed E-state index contributed by atoms with van der Waals surface area (Å²) in [4.78, 5) is 49.5. The lowest BCUT2D eigenvalue weighted by Gasteiger charge is -2.14. The lowest BCUT2D eigenvalue weighted by molar-refractivity contribution is -0.385. The fraction of sp³-hybridized carbons (Fsp3) is 0.432. The zero-order valence-electron chi connectivity index (χ0n) is 31.3. The molecule has 18 heteroatoms. The van der Waals surface area contributed by atoms with Crippen molar-refractivity contribution < 1.29 is 9.85 Å². The summed E-state index contributed by atoms with van der Waals surface area (Å²) < 4.78 is 1.85. The van der Waals surface area contributed by atoms with Gasteiger partial charge in [-0.15, -0.1) is 0 Å². The van der Waals surface area contributed by atoms with Crippen molar-refractivity contribution in [3.8, 4) is 0 Å². The van der Waals surface area contributed by atoms with Crippen LogP contribution in [0.5, 0.6) is 0 Å². The highest BCUT2D eigenvalue weighted by molar-refractivity contribution is 6.32. The first kappa shape index (κ1) is 40.5. The number of aromatic amines is 1. The minimum atomic E-state index is -0.574. The first-order valence-electron chi connectivity index (χ1n) is 17.9. The fourth-order valence-corrected chi connectivity index (χ4v) is 5.21. The Bertz CT molecular complexity index is 2190. The highest BCUT2D eigenvalue weighted by atomic mass is 35.5. The average molecular weight is 775 g/mol. The standard InChI is InChI=1S/C10H11N3O.C9H11N3O2.C9H13N3.C5H3ClN2O2.C4H9N/c1-10(3-4-10)13-8-2-5-11-6-7(8)12-9(13)14;1-9(3-4-9)11-7-2-5-10-6-8(7)12(13)14;1-9(3-4-9)12-8-2-5-11-6-7(8)10;6-4-1-2-7-3-5(4)8(9)10;1-4(5)2-3-4/h2,5-6H,3-4H2,1H3,(H,12,14);2,5-6H,3-4H2,1H3,(H,10,11);2,5-6H,3-4,10H2,1H3,(H,11,12);1-3H;2-3,5H2,1H3. The van der Waals surface area contributed by atoms with Gasteiger partial charge in [0.15, 0.2) is 0 Å². The fourth-order valence-electron chi connectivity index (χ4n) is 5.03. The van der Waals surface area contributed by atoms with Gasteiger partial charge in [-0.25, -0.2) is 4.79 Å². The topological polar surface area (TPSA) is 252 Å². The highest BCUT2D eigenvalue weighted by Crippen LogP contribution is 2.43. The lowest BCUT2D eigenvalue weighted by Crippen LogP contribution is -2.25. The smallest absolute Gasteiger partial charge is 0.327 e. The van der Waals surface area contributed by atoms with Crippen molar-refractivity contribution in [3.05, 3.63) is 110 Å². The van der Waals surface area contributed by atoms with Gasteiger partial charge in [-0.3, -0.25) is 44.7 Å². The lowest BCUT2D eigenvalue weighted by atomic mass is 10.2. The third-order valence-electron chi connectivity index (χ3n) is 9.70. The summed E-state index contributed by atoms with van der Waals surface area (Å²) in [7, 11) is 0. The molecule has 0 saturated heterocycles. The maximum Gasteiger partial charge on any atom is 0.327 e. The van der Waals surface area contributed by atoms with Gasteiger partial charge in [-0.05, 0) is 103 Å². The SMILES string of the molecule is CC1(N)CC1.CC1(Nc2ccncc2N)CC1.CC1(Nc2ccncc2[N+](=O)[O-])CC1.CC1(n2c(=O)[nH]c3cnccc32)CC1.O=[N+]([O-])c1cnccc1Cl. The number of nitrogen functional groups attached to an aromatic ring is 1. The number of nitrogens with zero attached hydrogens (tertiary/aromatic N) is 7. The monoisotopic (exact) mass is 774 g/mol. The van der Waals surface area contributed by atoms with Gasteiger partial charge < -0.3 is 27.1 Å². The Morgan fingerprint density at radius 1 is 0.727 bits per heavy atom. The van der Waals surface area contributed by atoms with Gasteiger partial charge in [0.1, 0.15) is 23.1 Å². The second-order valence-corrected chi connectivity index (χ2v) is 15.8. The molecule has 4 aliphatic carbocycles. The largest absolute Gasteiger partial charge is 0.396 e. The number of hydrogen-bond donors (Lipinski definition) is 5. The highest BCUT2D eigenvalue weighted by Gasteiger charge is 2.42. The number of anilines is 3. The van der Waals surface area contributed by atoms with Crippen LogP contribution in [0.3, 0.4) is 0 Å². The number of nitro groups is 2. The molecule has 7 N–H and O–H groups in total. The van der Waals surface area contributed by atoms with Crippen LogP contribution < -0.4 is 27.8 Å². The second kappa shape index (κ2) is 16.4. The first-order chi connectivity index (χ1) is 25.9. The number of nitrogens with one attached hydrogen (secondary N) is 3. The van der Waals surface area contributed by atoms with Crippen LogP contribution in [0.15, 0.2) is 78.6 Å². The van der Waals surface area contributed by atoms with Crippen molar-refractivity contribution in [2.24, 2.45) is 5.73 Å². The molecular weight excluding hydrogens is 728 g/mol. The summed E-state index contributed by atoms with van der Waals surface area (Å²) in [6.07, 6.45) is 21.4. The van der Waals surface area contributed by atoms with E-state index in [9.17, 15) is 25.0 Å². The predicted molar refractivity (Wildman–Crippen MR) is 213 cm³/mol. The first-order valence-corrected chi connectivity index (χ1v) is 18.2. The Kier molecular flexibility index (Phi) is 12.0. The molecule has 0 unspecified atom stereocenters. The van der Waals surface area contributed by atoms with Crippen molar-refractivity contribution in [2.45, 2.75) is 101 Å². The molecule has 17 nitrogen and oxygen atoms in total. The number of imidazole rings is 1. The van der Waals surface area contributed by atoms with Crippen LogP contribution in [0.4, 0.5) is 28.4 Å². The third-order valence-corrected chi connectivity index (χ3v) is 10.0. The zero-order valence-corrected chi connectivity index (χ0v) is 32.0. The van der Waals surface area contributed by atoms with E-state index < -0.39 is 9.85 Å². The quantitative estimate of drug-likeness (QED) is 0.0829. The van der Waals surface area contributed by atoms with Crippen molar-refractivity contribution >= 4 is 51.1 Å². The maximum atomic E-state index is 11.7. The summed E-state index contributed by atoms with van der Waals surface area (Å²) in [5.74, 6) is 0. The molecule has 4 fully saturated rings. The van der Waals surface area contributed by atoms with E-state index in [-0.39, 0.29) is 44.2 Å². The Balaban J connectivity index is 0.000000136. The van der Waals surface area contributed by atoms with Gasteiger partial charge >= 0.3 is 17.1 Å². The Morgan fingerprint density at radius 2 is 1.20 bits per heavy atom. The summed E-state index contributed by atoms with van der Waals surface area (Å²) in [5.41, 5.74) is 15.8. The Hall–Kier alpha value is -5.68. The number of pyridine rings is 4. The van der Waals surface area contributed by atoms with Gasteiger partial charge in [-0.1, -0.05) is 11.6 Å². The molecule has 0 bridgehead atoms. The molecule has 0 aromatic carbocycles. The van der Waals surface area contributed by atoms with Crippen LogP contribution in [0.2, 0.25) is 5.02 Å². The molecule has 5 aromatic heterocycles. The van der Waals surface area contributed by atoms with Crippen LogP contribution in [-0.4, -0.2) is 56.0 Å². The molecule has 292 valence electrons. The van der Waals surface area contributed by atoms with Gasteiger partial charge in [0.2, 0.25) is 0 Å². The number of H-pyrrole nitrogens is 1. The van der Waals surface area contributed by atoms with E-state index in [4.69, 9.17) is 23.1 Å². The summed E-state index contributed by atoms with van der Waals surface area (Å²) in [6, 6.07) is 6.82. The van der Waals surface area contributed by atoms with Gasteiger partial charge in [0.25, 0.3) is 0 Å². The number of aromatic nitrogens is 6. The summed E-state index contributed by atoms with van der Waals surface area (Å²) >= 11 is 5.44. The Labute approximate surface area is 322 Å². The number of nitrogens with two attached hydrogens (primary N) is 2. The van der Waals surface area contributed by atoms with Crippen molar-refractivity contribution in [2.75, 3.05) is 16.4 Å². The molecule has 0 aliphatic heterocycles. The van der Waals surface area contributed by atoms with E-state index in [1.165, 1.54) is 44.1 Å². The maximum absolute atomic E-state index is 11.7. The minimum absolute atomic E-state index is 0.0204. The molecule has 9 rings (SSSR count). The number of hydrogen-bond acceptors (Lipinski definition) is 13. The molecule has 5 heterocycles. The van der Waals surface area contributed by atoms with Gasteiger partial charge in [-0.2, -0.15) is 0 Å². The number of rotatable bonds is 7. The van der Waals surface area contributed by atoms with Crippen molar-refractivity contribution in [1.29, 1.82) is 0 Å². The normalized spacial score (nSPS) is 17.7. The molecule has 0 atom stereocenters. The van der Waals surface area contributed by atoms with E-state index in [0.29, 0.717) is 5.69 Å². The van der Waals surface area contributed by atoms with Crippen LogP contribution in [0.1, 0.15) is 79.1 Å². The average Bonchev–Trinajstić information content (AvgIpc) is 4.07. The predicted octanol–water partition coefficient (Wildman–Crippen LogP) is 6.96. The van der Waals surface area contributed by atoms with E-state index >= 15 is 0 Å². The molecule has 0 amide bonds. The molecule has 4 aliphatic rings. The molecule has 5 aromatic rings. The van der Waals surface area contributed by atoms with E-state index in [2.05, 4.69) is 63.2 Å². The van der Waals surface area contributed by atoms with Crippen LogP contribution in [-0.2, 0) is 5.54 Å². The van der Waals surface area contributed by atoms with E-state index in [0.717, 1.165) is 54.3 Å². The zero-order chi connectivity index (χ0) is 40.0. The Morgan fingerprint density at radius 3 is 1.67 bits per heavy atom. The van der Waals surface area contributed by atoms with E-state index in [1.54, 1.807) is 37.1 Å². The molecule has 55 heavy (non-hydrogen) atoms. The minimum Gasteiger partial charge on any atom is -0.396 e. The molecule has 0 radical (unpaired) electrons. The van der Waals surface area contributed by atoms with Crippen molar-refractivity contribution in [3.63, 3.8) is 0 Å². The second-order valence-electron chi connectivity index (χ2n) is 15.4. The molecule has 4 saturated carbocycles. The van der Waals surface area contributed by atoms with Gasteiger partial charge in [0, 0.05) is 46.9 Å². The van der Waals surface area contributed by atoms with Crippen LogP contribution in [0.25, 0.3) is 11.0 Å². The van der Waals surface area contributed by atoms with Gasteiger partial charge in [0.05, 0.1) is 44.6 Å². The molecular formula is C37H47ClN12O5.